The van der Waals surface area contributed by atoms with Crippen LogP contribution in [0.3, 0.4) is 0 Å². The van der Waals surface area contributed by atoms with Crippen LogP contribution in [0.1, 0.15) is 28.7 Å². The number of benzene rings is 2. The first kappa shape index (κ1) is 16.2. The van der Waals surface area contributed by atoms with Gasteiger partial charge < -0.3 is 5.32 Å². The maximum Gasteiger partial charge on any atom is 0.175 e. The summed E-state index contributed by atoms with van der Waals surface area (Å²) in [5.74, 6) is 0. The summed E-state index contributed by atoms with van der Waals surface area (Å²) >= 11 is 0. The molecule has 0 aromatic heterocycles. The SMILES string of the molecule is Cc1cc(CN[C@H]2CCc3ccccc3C2)ccc1S(C)(=O)=O. The van der Waals surface area contributed by atoms with Gasteiger partial charge in [-0.1, -0.05) is 36.4 Å². The van der Waals surface area contributed by atoms with E-state index in [0.717, 1.165) is 36.9 Å². The number of nitrogens with one attached hydrogen (secondary N) is 1. The molecule has 0 heterocycles. The zero-order valence-corrected chi connectivity index (χ0v) is 14.5. The summed E-state index contributed by atoms with van der Waals surface area (Å²) in [5.41, 5.74) is 4.87. The molecule has 0 amide bonds. The fourth-order valence-corrected chi connectivity index (χ4v) is 4.33. The molecule has 0 spiro atoms. The molecule has 0 saturated carbocycles. The second-order valence-corrected chi connectivity index (χ2v) is 8.45. The molecule has 122 valence electrons. The molecule has 1 N–H and O–H groups in total. The Balaban J connectivity index is 1.65. The Kier molecular flexibility index (Phi) is 4.55. The van der Waals surface area contributed by atoms with E-state index in [9.17, 15) is 8.42 Å². The molecule has 3 nitrogen and oxygen atoms in total. The van der Waals surface area contributed by atoms with Crippen molar-refractivity contribution in [3.8, 4) is 0 Å². The number of fused-ring (bicyclic) bond motifs is 1. The van der Waals surface area contributed by atoms with Gasteiger partial charge in [-0.2, -0.15) is 0 Å². The third-order valence-electron chi connectivity index (χ3n) is 4.58. The van der Waals surface area contributed by atoms with E-state index in [4.69, 9.17) is 0 Å². The van der Waals surface area contributed by atoms with Gasteiger partial charge in [-0.05, 0) is 54.5 Å². The molecule has 2 aromatic carbocycles. The largest absolute Gasteiger partial charge is 0.310 e. The number of hydrogen-bond acceptors (Lipinski definition) is 3. The molecule has 1 aliphatic carbocycles. The number of aryl methyl sites for hydroxylation is 2. The predicted molar refractivity (Wildman–Crippen MR) is 93.4 cm³/mol. The summed E-state index contributed by atoms with van der Waals surface area (Å²) in [4.78, 5) is 0.424. The third kappa shape index (κ3) is 3.82. The van der Waals surface area contributed by atoms with Crippen LogP contribution in [0, 0.1) is 6.92 Å². The summed E-state index contributed by atoms with van der Waals surface area (Å²) in [6.45, 7) is 2.63. The van der Waals surface area contributed by atoms with E-state index in [-0.39, 0.29) is 0 Å². The minimum absolute atomic E-state index is 0.424. The summed E-state index contributed by atoms with van der Waals surface area (Å²) in [6, 6.07) is 14.7. The molecule has 1 aliphatic rings. The summed E-state index contributed by atoms with van der Waals surface area (Å²) in [6.07, 6.45) is 4.60. The fourth-order valence-electron chi connectivity index (χ4n) is 3.37. The Morgan fingerprint density at radius 2 is 1.87 bits per heavy atom. The number of rotatable bonds is 4. The fraction of sp³-hybridized carbons (Fsp3) is 0.368. The third-order valence-corrected chi connectivity index (χ3v) is 5.84. The molecule has 23 heavy (non-hydrogen) atoms. The predicted octanol–water partition coefficient (Wildman–Crippen LogP) is 3.05. The highest BCUT2D eigenvalue weighted by Gasteiger charge is 2.18. The van der Waals surface area contributed by atoms with Crippen molar-refractivity contribution >= 4 is 9.84 Å². The highest BCUT2D eigenvalue weighted by Crippen LogP contribution is 2.22. The van der Waals surface area contributed by atoms with Crippen LogP contribution in [-0.2, 0) is 29.2 Å². The normalized spacial score (nSPS) is 17.7. The summed E-state index contributed by atoms with van der Waals surface area (Å²) in [7, 11) is -3.14. The minimum atomic E-state index is -3.14. The Labute approximate surface area is 138 Å². The van der Waals surface area contributed by atoms with Crippen LogP contribution < -0.4 is 5.32 Å². The molecule has 0 aliphatic heterocycles. The van der Waals surface area contributed by atoms with Gasteiger partial charge in [0.05, 0.1) is 4.90 Å². The lowest BCUT2D eigenvalue weighted by Gasteiger charge is -2.25. The van der Waals surface area contributed by atoms with Gasteiger partial charge in [-0.15, -0.1) is 0 Å². The Hall–Kier alpha value is -1.65. The first-order valence-electron chi connectivity index (χ1n) is 8.03. The van der Waals surface area contributed by atoms with Crippen molar-refractivity contribution in [2.45, 2.75) is 43.7 Å². The van der Waals surface area contributed by atoms with Gasteiger partial charge in [0.15, 0.2) is 9.84 Å². The molecule has 3 rings (SSSR count). The van der Waals surface area contributed by atoms with E-state index < -0.39 is 9.84 Å². The van der Waals surface area contributed by atoms with Crippen molar-refractivity contribution in [1.29, 1.82) is 0 Å². The quantitative estimate of drug-likeness (QED) is 0.938. The molecule has 1 atom stereocenters. The van der Waals surface area contributed by atoms with Gasteiger partial charge in [0.1, 0.15) is 0 Å². The first-order chi connectivity index (χ1) is 10.9. The van der Waals surface area contributed by atoms with E-state index in [1.165, 1.54) is 17.4 Å². The van der Waals surface area contributed by atoms with Crippen LogP contribution in [0.25, 0.3) is 0 Å². The molecule has 0 fully saturated rings. The standard InChI is InChI=1S/C19H23NO2S/c1-14-11-15(7-10-19(14)23(2,21)22)13-20-18-9-8-16-5-3-4-6-17(16)12-18/h3-7,10-11,18,20H,8-9,12-13H2,1-2H3/t18-/m0/s1. The van der Waals surface area contributed by atoms with Gasteiger partial charge in [0.25, 0.3) is 0 Å². The van der Waals surface area contributed by atoms with E-state index in [1.807, 2.05) is 19.1 Å². The van der Waals surface area contributed by atoms with Gasteiger partial charge in [0.2, 0.25) is 0 Å². The van der Waals surface area contributed by atoms with E-state index in [1.54, 1.807) is 6.07 Å². The van der Waals surface area contributed by atoms with Crippen LogP contribution >= 0.6 is 0 Å². The van der Waals surface area contributed by atoms with Crippen molar-refractivity contribution in [3.63, 3.8) is 0 Å². The highest BCUT2D eigenvalue weighted by molar-refractivity contribution is 7.90. The van der Waals surface area contributed by atoms with Crippen LogP contribution in [0.15, 0.2) is 47.4 Å². The zero-order chi connectivity index (χ0) is 16.4. The van der Waals surface area contributed by atoms with Gasteiger partial charge in [-0.25, -0.2) is 8.42 Å². The van der Waals surface area contributed by atoms with Gasteiger partial charge >= 0.3 is 0 Å². The smallest absolute Gasteiger partial charge is 0.175 e. The Morgan fingerprint density at radius 3 is 2.57 bits per heavy atom. The summed E-state index contributed by atoms with van der Waals surface area (Å²) in [5, 5.41) is 3.61. The second-order valence-electron chi connectivity index (χ2n) is 6.46. The van der Waals surface area contributed by atoms with Crippen LogP contribution in [0.5, 0.6) is 0 Å². The molecule has 0 radical (unpaired) electrons. The molecule has 2 aromatic rings. The molecule has 4 heteroatoms. The topological polar surface area (TPSA) is 46.2 Å². The summed E-state index contributed by atoms with van der Waals surface area (Å²) < 4.78 is 23.3. The lowest BCUT2D eigenvalue weighted by molar-refractivity contribution is 0.457. The van der Waals surface area contributed by atoms with Crippen molar-refractivity contribution in [2.75, 3.05) is 6.26 Å². The number of hydrogen-bond donors (Lipinski definition) is 1. The minimum Gasteiger partial charge on any atom is -0.310 e. The monoisotopic (exact) mass is 329 g/mol. The van der Waals surface area contributed by atoms with E-state index in [0.29, 0.717) is 10.9 Å². The van der Waals surface area contributed by atoms with E-state index >= 15 is 0 Å². The average molecular weight is 329 g/mol. The Morgan fingerprint density at radius 1 is 1.13 bits per heavy atom. The van der Waals surface area contributed by atoms with Crippen molar-refractivity contribution in [1.82, 2.24) is 5.32 Å². The van der Waals surface area contributed by atoms with E-state index in [2.05, 4.69) is 29.6 Å². The van der Waals surface area contributed by atoms with Crippen LogP contribution in [0.4, 0.5) is 0 Å². The molecule has 0 bridgehead atoms. The van der Waals surface area contributed by atoms with Crippen molar-refractivity contribution in [3.05, 3.63) is 64.7 Å². The first-order valence-corrected chi connectivity index (χ1v) is 9.92. The lowest BCUT2D eigenvalue weighted by atomic mass is 9.88. The maximum atomic E-state index is 11.7. The highest BCUT2D eigenvalue weighted by atomic mass is 32.2. The number of sulfone groups is 1. The van der Waals surface area contributed by atoms with Crippen LogP contribution in [-0.4, -0.2) is 20.7 Å². The van der Waals surface area contributed by atoms with Crippen molar-refractivity contribution in [2.24, 2.45) is 0 Å². The van der Waals surface area contributed by atoms with Crippen molar-refractivity contribution < 1.29 is 8.42 Å². The Bertz CT molecular complexity index is 812. The van der Waals surface area contributed by atoms with Crippen LogP contribution in [0.2, 0.25) is 0 Å². The second kappa shape index (κ2) is 6.46. The molecule has 0 unspecified atom stereocenters. The lowest BCUT2D eigenvalue weighted by Crippen LogP contribution is -2.34. The molecule has 0 saturated heterocycles. The zero-order valence-electron chi connectivity index (χ0n) is 13.7. The molecular weight excluding hydrogens is 306 g/mol. The van der Waals surface area contributed by atoms with Gasteiger partial charge in [-0.3, -0.25) is 0 Å². The molecular formula is C19H23NO2S. The maximum absolute atomic E-state index is 11.7. The average Bonchev–Trinajstić information content (AvgIpc) is 2.51. The van der Waals surface area contributed by atoms with Gasteiger partial charge in [0, 0.05) is 18.8 Å².